The third-order valence-corrected chi connectivity index (χ3v) is 2.15. The zero-order valence-electron chi connectivity index (χ0n) is 8.63. The Labute approximate surface area is 88.5 Å². The second-order valence-electron chi connectivity index (χ2n) is 3.13. The van der Waals surface area contributed by atoms with Gasteiger partial charge in [0.2, 0.25) is 0 Å². The molecule has 0 spiro atoms. The Morgan fingerprint density at radius 2 is 2.07 bits per heavy atom. The van der Waals surface area contributed by atoms with Crippen molar-refractivity contribution >= 4 is 0 Å². The molecule has 0 N–H and O–H groups in total. The highest BCUT2D eigenvalue weighted by Crippen LogP contribution is 2.10. The minimum atomic E-state index is 0.456. The first-order valence-corrected chi connectivity index (χ1v) is 4.94. The van der Waals surface area contributed by atoms with Crippen LogP contribution in [0.5, 0.6) is 5.75 Å². The van der Waals surface area contributed by atoms with Crippen molar-refractivity contribution in [2.24, 2.45) is 0 Å². The van der Waals surface area contributed by atoms with Crippen LogP contribution in [-0.4, -0.2) is 14.8 Å². The van der Waals surface area contributed by atoms with Crippen molar-refractivity contribution in [2.75, 3.05) is 0 Å². The minimum absolute atomic E-state index is 0.456. The SMILES string of the molecule is CCn1cnnc1COc1ccccc1. The average molecular weight is 203 g/mol. The molecule has 0 amide bonds. The summed E-state index contributed by atoms with van der Waals surface area (Å²) in [6.45, 7) is 3.37. The van der Waals surface area contributed by atoms with E-state index in [4.69, 9.17) is 4.74 Å². The second-order valence-corrected chi connectivity index (χ2v) is 3.13. The number of rotatable bonds is 4. The van der Waals surface area contributed by atoms with Crippen LogP contribution in [0.25, 0.3) is 0 Å². The summed E-state index contributed by atoms with van der Waals surface area (Å²) < 4.78 is 7.53. The predicted molar refractivity (Wildman–Crippen MR) is 56.5 cm³/mol. The molecule has 0 fully saturated rings. The van der Waals surface area contributed by atoms with E-state index in [0.717, 1.165) is 18.1 Å². The fraction of sp³-hybridized carbons (Fsp3) is 0.273. The van der Waals surface area contributed by atoms with E-state index in [0.29, 0.717) is 6.61 Å². The smallest absolute Gasteiger partial charge is 0.170 e. The van der Waals surface area contributed by atoms with Crippen molar-refractivity contribution in [2.45, 2.75) is 20.1 Å². The topological polar surface area (TPSA) is 39.9 Å². The van der Waals surface area contributed by atoms with Gasteiger partial charge in [0.05, 0.1) is 0 Å². The highest BCUT2D eigenvalue weighted by atomic mass is 16.5. The summed E-state index contributed by atoms with van der Waals surface area (Å²) in [6, 6.07) is 9.69. The molecule has 4 nitrogen and oxygen atoms in total. The molecule has 0 saturated carbocycles. The fourth-order valence-corrected chi connectivity index (χ4v) is 1.32. The maximum atomic E-state index is 5.57. The van der Waals surface area contributed by atoms with E-state index in [1.807, 2.05) is 34.9 Å². The van der Waals surface area contributed by atoms with Gasteiger partial charge in [-0.3, -0.25) is 0 Å². The third kappa shape index (κ3) is 2.34. The molecule has 4 heteroatoms. The van der Waals surface area contributed by atoms with Gasteiger partial charge in [0, 0.05) is 6.54 Å². The van der Waals surface area contributed by atoms with E-state index in [9.17, 15) is 0 Å². The lowest BCUT2D eigenvalue weighted by molar-refractivity contribution is 0.289. The van der Waals surface area contributed by atoms with Gasteiger partial charge in [-0.2, -0.15) is 0 Å². The molecular formula is C11H13N3O. The number of aromatic nitrogens is 3. The summed E-state index contributed by atoms with van der Waals surface area (Å²) in [7, 11) is 0. The Bertz CT molecular complexity index is 411. The number of para-hydroxylation sites is 1. The molecule has 1 heterocycles. The highest BCUT2D eigenvalue weighted by Gasteiger charge is 2.02. The van der Waals surface area contributed by atoms with Gasteiger partial charge in [-0.1, -0.05) is 18.2 Å². The number of ether oxygens (including phenoxy) is 1. The molecule has 78 valence electrons. The zero-order chi connectivity index (χ0) is 10.5. The number of nitrogens with zero attached hydrogens (tertiary/aromatic N) is 3. The van der Waals surface area contributed by atoms with Crippen molar-refractivity contribution in [3.63, 3.8) is 0 Å². The molecule has 0 aliphatic heterocycles. The molecule has 0 radical (unpaired) electrons. The molecule has 0 saturated heterocycles. The van der Waals surface area contributed by atoms with Crippen LogP contribution >= 0.6 is 0 Å². The van der Waals surface area contributed by atoms with Crippen LogP contribution in [0, 0.1) is 0 Å². The van der Waals surface area contributed by atoms with E-state index in [2.05, 4.69) is 17.1 Å². The van der Waals surface area contributed by atoms with Crippen molar-refractivity contribution in [3.05, 3.63) is 42.5 Å². The van der Waals surface area contributed by atoms with Gasteiger partial charge < -0.3 is 9.30 Å². The summed E-state index contributed by atoms with van der Waals surface area (Å²) in [6.07, 6.45) is 1.71. The molecule has 0 aliphatic carbocycles. The number of aryl methyl sites for hydroxylation is 1. The second kappa shape index (κ2) is 4.59. The number of hydrogen-bond donors (Lipinski definition) is 0. The number of benzene rings is 1. The van der Waals surface area contributed by atoms with Gasteiger partial charge in [-0.05, 0) is 19.1 Å². The van der Waals surface area contributed by atoms with Crippen LogP contribution in [0.2, 0.25) is 0 Å². The van der Waals surface area contributed by atoms with Crippen molar-refractivity contribution in [1.29, 1.82) is 0 Å². The fourth-order valence-electron chi connectivity index (χ4n) is 1.32. The van der Waals surface area contributed by atoms with Crippen LogP contribution in [-0.2, 0) is 13.2 Å². The monoisotopic (exact) mass is 203 g/mol. The van der Waals surface area contributed by atoms with Crippen LogP contribution < -0.4 is 4.74 Å². The molecule has 1 aromatic heterocycles. The lowest BCUT2D eigenvalue weighted by atomic mass is 10.3. The van der Waals surface area contributed by atoms with Crippen molar-refractivity contribution in [1.82, 2.24) is 14.8 Å². The van der Waals surface area contributed by atoms with Crippen molar-refractivity contribution < 1.29 is 4.74 Å². The van der Waals surface area contributed by atoms with Crippen LogP contribution in [0.4, 0.5) is 0 Å². The quantitative estimate of drug-likeness (QED) is 0.761. The summed E-state index contributed by atoms with van der Waals surface area (Å²) in [4.78, 5) is 0. The standard InChI is InChI=1S/C11H13N3O/c1-2-14-9-12-13-11(14)8-15-10-6-4-3-5-7-10/h3-7,9H,2,8H2,1H3. The predicted octanol–water partition coefficient (Wildman–Crippen LogP) is 1.88. The Morgan fingerprint density at radius 3 is 2.80 bits per heavy atom. The lowest BCUT2D eigenvalue weighted by Gasteiger charge is -2.05. The molecule has 1 aromatic carbocycles. The van der Waals surface area contributed by atoms with E-state index in [-0.39, 0.29) is 0 Å². The Balaban J connectivity index is 1.99. The molecule has 2 rings (SSSR count). The van der Waals surface area contributed by atoms with E-state index in [1.54, 1.807) is 6.33 Å². The maximum Gasteiger partial charge on any atom is 0.170 e. The van der Waals surface area contributed by atoms with Crippen LogP contribution in [0.1, 0.15) is 12.7 Å². The molecule has 0 aliphatic rings. The lowest BCUT2D eigenvalue weighted by Crippen LogP contribution is -2.05. The maximum absolute atomic E-state index is 5.57. The van der Waals surface area contributed by atoms with Gasteiger partial charge in [-0.15, -0.1) is 10.2 Å². The first-order valence-electron chi connectivity index (χ1n) is 4.94. The van der Waals surface area contributed by atoms with E-state index < -0.39 is 0 Å². The molecule has 15 heavy (non-hydrogen) atoms. The average Bonchev–Trinajstić information content (AvgIpc) is 2.75. The van der Waals surface area contributed by atoms with Crippen molar-refractivity contribution in [3.8, 4) is 5.75 Å². The van der Waals surface area contributed by atoms with E-state index in [1.165, 1.54) is 0 Å². The zero-order valence-corrected chi connectivity index (χ0v) is 8.63. The van der Waals surface area contributed by atoms with Gasteiger partial charge in [0.25, 0.3) is 0 Å². The summed E-state index contributed by atoms with van der Waals surface area (Å²) in [5, 5.41) is 7.83. The summed E-state index contributed by atoms with van der Waals surface area (Å²) >= 11 is 0. The highest BCUT2D eigenvalue weighted by molar-refractivity contribution is 5.20. The third-order valence-electron chi connectivity index (χ3n) is 2.15. The van der Waals surface area contributed by atoms with Crippen LogP contribution in [0.15, 0.2) is 36.7 Å². The molecular weight excluding hydrogens is 190 g/mol. The number of hydrogen-bond acceptors (Lipinski definition) is 3. The molecule has 0 atom stereocenters. The van der Waals surface area contributed by atoms with Gasteiger partial charge in [-0.25, -0.2) is 0 Å². The Kier molecular flexibility index (Phi) is 2.97. The normalized spacial score (nSPS) is 10.2. The summed E-state index contributed by atoms with van der Waals surface area (Å²) in [5.41, 5.74) is 0. The Hall–Kier alpha value is -1.84. The molecule has 2 aromatic rings. The molecule has 0 unspecified atom stereocenters. The first-order chi connectivity index (χ1) is 7.40. The first kappa shape index (κ1) is 9.71. The summed E-state index contributed by atoms with van der Waals surface area (Å²) in [5.74, 6) is 1.70. The Morgan fingerprint density at radius 1 is 1.27 bits per heavy atom. The van der Waals surface area contributed by atoms with Crippen LogP contribution in [0.3, 0.4) is 0 Å². The van der Waals surface area contributed by atoms with E-state index >= 15 is 0 Å². The van der Waals surface area contributed by atoms with Gasteiger partial charge in [0.15, 0.2) is 5.82 Å². The largest absolute Gasteiger partial charge is 0.486 e. The van der Waals surface area contributed by atoms with Gasteiger partial charge in [0.1, 0.15) is 18.7 Å². The minimum Gasteiger partial charge on any atom is -0.486 e. The van der Waals surface area contributed by atoms with Gasteiger partial charge >= 0.3 is 0 Å². The molecule has 0 bridgehead atoms.